The molecule has 1 aromatic carbocycles. The highest BCUT2D eigenvalue weighted by Crippen LogP contribution is 2.30. The van der Waals surface area contributed by atoms with Crippen molar-refractivity contribution in [3.8, 4) is 0 Å². The monoisotopic (exact) mass is 366 g/mol. The van der Waals surface area contributed by atoms with Gasteiger partial charge in [-0.2, -0.15) is 0 Å². The predicted octanol–water partition coefficient (Wildman–Crippen LogP) is 2.41. The van der Waals surface area contributed by atoms with Crippen LogP contribution in [0.2, 0.25) is 0 Å². The van der Waals surface area contributed by atoms with Crippen LogP contribution < -0.4 is 4.72 Å². The lowest BCUT2D eigenvalue weighted by molar-refractivity contribution is 0.0696. The molecule has 0 amide bonds. The molecule has 1 aliphatic heterocycles. The summed E-state index contributed by atoms with van der Waals surface area (Å²) in [6.07, 6.45) is 4.11. The summed E-state index contributed by atoms with van der Waals surface area (Å²) < 4.78 is 28.6. The highest BCUT2D eigenvalue weighted by molar-refractivity contribution is 7.89. The Kier molecular flexibility index (Phi) is 5.18. The second-order valence-electron chi connectivity index (χ2n) is 7.38. The lowest BCUT2D eigenvalue weighted by atomic mass is 10.0. The Morgan fingerprint density at radius 2 is 1.84 bits per heavy atom. The Morgan fingerprint density at radius 1 is 1.20 bits per heavy atom. The number of carboxylic acid groups (broad SMARTS) is 1. The van der Waals surface area contributed by atoms with E-state index in [0.717, 1.165) is 25.9 Å². The number of aromatic carboxylic acids is 1. The normalized spacial score (nSPS) is 20.1. The van der Waals surface area contributed by atoms with Gasteiger partial charge < -0.3 is 10.0 Å². The van der Waals surface area contributed by atoms with Crippen LogP contribution >= 0.6 is 0 Å². The first kappa shape index (κ1) is 18.4. The molecule has 2 N–H and O–H groups in total. The molecule has 1 aliphatic carbocycles. The molecule has 138 valence electrons. The van der Waals surface area contributed by atoms with Gasteiger partial charge in [0.2, 0.25) is 10.0 Å². The van der Waals surface area contributed by atoms with E-state index in [1.807, 2.05) is 13.8 Å². The third-order valence-corrected chi connectivity index (χ3v) is 6.66. The van der Waals surface area contributed by atoms with Gasteiger partial charge in [-0.3, -0.25) is 0 Å². The summed E-state index contributed by atoms with van der Waals surface area (Å²) in [5, 5.41) is 9.19. The zero-order valence-electron chi connectivity index (χ0n) is 14.7. The maximum Gasteiger partial charge on any atom is 0.335 e. The average molecular weight is 366 g/mol. The van der Waals surface area contributed by atoms with E-state index in [1.54, 1.807) is 6.07 Å². The molecule has 1 heterocycles. The van der Waals surface area contributed by atoms with E-state index in [-0.39, 0.29) is 22.4 Å². The number of hydrogen-bond donors (Lipinski definition) is 2. The van der Waals surface area contributed by atoms with Gasteiger partial charge in [-0.1, -0.05) is 19.9 Å². The molecule has 1 saturated heterocycles. The fraction of sp³-hybridized carbons (Fsp3) is 0.611. The van der Waals surface area contributed by atoms with Crippen LogP contribution in [0.3, 0.4) is 0 Å². The molecule has 2 aliphatic rings. The molecule has 3 rings (SSSR count). The van der Waals surface area contributed by atoms with Crippen LogP contribution in [0.4, 0.5) is 0 Å². The van der Waals surface area contributed by atoms with E-state index in [4.69, 9.17) is 0 Å². The van der Waals surface area contributed by atoms with Gasteiger partial charge in [0, 0.05) is 12.1 Å². The third kappa shape index (κ3) is 4.22. The number of carbonyl (C=O) groups is 1. The molecule has 7 heteroatoms. The van der Waals surface area contributed by atoms with Crippen LogP contribution in [0, 0.1) is 0 Å². The van der Waals surface area contributed by atoms with Crippen molar-refractivity contribution in [1.29, 1.82) is 0 Å². The quantitative estimate of drug-likeness (QED) is 0.807. The summed E-state index contributed by atoms with van der Waals surface area (Å²) in [6, 6.07) is 4.97. The van der Waals surface area contributed by atoms with Gasteiger partial charge in [0.15, 0.2) is 0 Å². The van der Waals surface area contributed by atoms with E-state index in [0.29, 0.717) is 11.6 Å². The molecule has 0 radical (unpaired) electrons. The zero-order chi connectivity index (χ0) is 18.2. The molecule has 0 bridgehead atoms. The van der Waals surface area contributed by atoms with Crippen molar-refractivity contribution in [2.24, 2.45) is 0 Å². The number of hydrogen-bond acceptors (Lipinski definition) is 4. The van der Waals surface area contributed by atoms with Crippen LogP contribution in [-0.4, -0.2) is 49.6 Å². The summed E-state index contributed by atoms with van der Waals surface area (Å²) in [5.41, 5.74) is 0.640. The highest BCUT2D eigenvalue weighted by Gasteiger charge is 2.33. The number of sulfonamides is 1. The molecule has 0 aromatic heterocycles. The largest absolute Gasteiger partial charge is 0.478 e. The smallest absolute Gasteiger partial charge is 0.335 e. The summed E-state index contributed by atoms with van der Waals surface area (Å²) in [4.78, 5) is 13.8. The van der Waals surface area contributed by atoms with E-state index < -0.39 is 16.0 Å². The minimum Gasteiger partial charge on any atom is -0.478 e. The molecule has 0 unspecified atom stereocenters. The first-order valence-corrected chi connectivity index (χ1v) is 10.4. The second-order valence-corrected chi connectivity index (χ2v) is 9.06. The van der Waals surface area contributed by atoms with Gasteiger partial charge >= 0.3 is 5.97 Å². The van der Waals surface area contributed by atoms with Crippen LogP contribution in [-0.2, 0) is 10.0 Å². The van der Waals surface area contributed by atoms with E-state index >= 15 is 0 Å². The topological polar surface area (TPSA) is 86.7 Å². The first-order chi connectivity index (χ1) is 11.8. The predicted molar refractivity (Wildman–Crippen MR) is 95.4 cm³/mol. The van der Waals surface area contributed by atoms with Gasteiger partial charge in [0.25, 0.3) is 0 Å². The number of nitrogens with zero attached hydrogens (tertiary/aromatic N) is 1. The van der Waals surface area contributed by atoms with E-state index in [1.165, 1.54) is 25.0 Å². The standard InChI is InChI=1S/C18H26N2O4S/c1-12(2)16-6-3-13(18(21)22)11-17(16)25(23,24)19-14-7-9-20(10-8-14)15-4-5-15/h3,6,11-12,14-15,19H,4-5,7-10H2,1-2H3,(H,21,22). The van der Waals surface area contributed by atoms with Gasteiger partial charge in [-0.05, 0) is 62.4 Å². The Morgan fingerprint density at radius 3 is 2.36 bits per heavy atom. The Bertz CT molecular complexity index is 748. The molecular formula is C18H26N2O4S. The van der Waals surface area contributed by atoms with Gasteiger partial charge in [-0.15, -0.1) is 0 Å². The van der Waals surface area contributed by atoms with Crippen molar-refractivity contribution in [2.45, 2.75) is 62.4 Å². The van der Waals surface area contributed by atoms with Crippen LogP contribution in [0.1, 0.15) is 61.4 Å². The average Bonchev–Trinajstić information content (AvgIpc) is 3.39. The maximum absolute atomic E-state index is 12.9. The van der Waals surface area contributed by atoms with E-state index in [2.05, 4.69) is 9.62 Å². The fourth-order valence-corrected chi connectivity index (χ4v) is 5.18. The van der Waals surface area contributed by atoms with Gasteiger partial charge in [0.1, 0.15) is 0 Å². The number of carboxylic acids is 1. The fourth-order valence-electron chi connectivity index (χ4n) is 3.48. The highest BCUT2D eigenvalue weighted by atomic mass is 32.2. The number of rotatable bonds is 6. The Labute approximate surface area is 149 Å². The lowest BCUT2D eigenvalue weighted by Crippen LogP contribution is -2.45. The number of likely N-dealkylation sites (tertiary alicyclic amines) is 1. The molecule has 1 saturated carbocycles. The summed E-state index contributed by atoms with van der Waals surface area (Å²) in [7, 11) is -3.75. The van der Waals surface area contributed by atoms with Gasteiger partial charge in [-0.25, -0.2) is 17.9 Å². The molecule has 0 atom stereocenters. The minimum atomic E-state index is -3.75. The Balaban J connectivity index is 1.79. The number of piperidine rings is 1. The van der Waals surface area contributed by atoms with Crippen LogP contribution in [0.15, 0.2) is 23.1 Å². The maximum atomic E-state index is 12.9. The van der Waals surface area contributed by atoms with Crippen LogP contribution in [0.5, 0.6) is 0 Å². The summed E-state index contributed by atoms with van der Waals surface area (Å²) >= 11 is 0. The Hall–Kier alpha value is -1.44. The summed E-state index contributed by atoms with van der Waals surface area (Å²) in [6.45, 7) is 5.65. The summed E-state index contributed by atoms with van der Waals surface area (Å²) in [5.74, 6) is -1.13. The third-order valence-electron chi connectivity index (χ3n) is 5.09. The van der Waals surface area contributed by atoms with Gasteiger partial charge in [0.05, 0.1) is 10.5 Å². The molecule has 25 heavy (non-hydrogen) atoms. The van der Waals surface area contributed by atoms with Crippen molar-refractivity contribution >= 4 is 16.0 Å². The molecular weight excluding hydrogens is 340 g/mol. The SMILES string of the molecule is CC(C)c1ccc(C(=O)O)cc1S(=O)(=O)NC1CCN(C2CC2)CC1. The zero-order valence-corrected chi connectivity index (χ0v) is 15.6. The second kappa shape index (κ2) is 7.05. The first-order valence-electron chi connectivity index (χ1n) is 8.91. The van der Waals surface area contributed by atoms with Crippen molar-refractivity contribution in [3.05, 3.63) is 29.3 Å². The molecule has 0 spiro atoms. The lowest BCUT2D eigenvalue weighted by Gasteiger charge is -2.32. The van der Waals surface area contributed by atoms with Crippen LogP contribution in [0.25, 0.3) is 0 Å². The van der Waals surface area contributed by atoms with Crippen molar-refractivity contribution < 1.29 is 18.3 Å². The number of nitrogens with one attached hydrogen (secondary N) is 1. The van der Waals surface area contributed by atoms with Crippen molar-refractivity contribution in [3.63, 3.8) is 0 Å². The minimum absolute atomic E-state index is 0.00618. The van der Waals surface area contributed by atoms with Crippen molar-refractivity contribution in [2.75, 3.05) is 13.1 Å². The molecule has 6 nitrogen and oxygen atoms in total. The number of benzene rings is 1. The van der Waals surface area contributed by atoms with E-state index in [9.17, 15) is 18.3 Å². The molecule has 1 aromatic rings. The molecule has 2 fully saturated rings. The van der Waals surface area contributed by atoms with Crippen molar-refractivity contribution in [1.82, 2.24) is 9.62 Å².